The molecule has 5 N–H and O–H groups in total. The van der Waals surface area contributed by atoms with Crippen molar-refractivity contribution in [3.8, 4) is 11.5 Å². The van der Waals surface area contributed by atoms with Crippen LogP contribution >= 0.6 is 0 Å². The molecule has 0 spiro atoms. The van der Waals surface area contributed by atoms with Crippen LogP contribution < -0.4 is 11.1 Å². The number of nitrogens with one attached hydrogen (secondary N) is 1. The minimum atomic E-state index is -0.352. The lowest BCUT2D eigenvalue weighted by molar-refractivity contribution is 0.0950. The summed E-state index contributed by atoms with van der Waals surface area (Å²) in [5, 5.41) is 21.1. The smallest absolute Gasteiger partial charge is 0.255 e. The van der Waals surface area contributed by atoms with Gasteiger partial charge in [-0.05, 0) is 31.5 Å². The summed E-state index contributed by atoms with van der Waals surface area (Å²) in [4.78, 5) is 11.6. The number of phenolic OH excluding ortho intramolecular Hbond substituents is 2. The van der Waals surface area contributed by atoms with E-state index in [9.17, 15) is 9.90 Å². The van der Waals surface area contributed by atoms with Gasteiger partial charge in [0.1, 0.15) is 11.5 Å². The average molecular weight is 224 g/mol. The van der Waals surface area contributed by atoms with E-state index in [0.717, 1.165) is 18.9 Å². The van der Waals surface area contributed by atoms with Crippen molar-refractivity contribution in [3.63, 3.8) is 0 Å². The summed E-state index contributed by atoms with van der Waals surface area (Å²) in [5.74, 6) is -0.650. The second-order valence-electron chi connectivity index (χ2n) is 3.45. The van der Waals surface area contributed by atoms with Gasteiger partial charge in [-0.15, -0.1) is 0 Å². The van der Waals surface area contributed by atoms with Crippen LogP contribution in [0, 0.1) is 0 Å². The number of amides is 1. The maximum Gasteiger partial charge on any atom is 0.255 e. The first-order valence-electron chi connectivity index (χ1n) is 5.15. The minimum Gasteiger partial charge on any atom is -0.508 e. The normalized spacial score (nSPS) is 10.1. The Morgan fingerprint density at radius 3 is 2.69 bits per heavy atom. The predicted molar refractivity (Wildman–Crippen MR) is 60.4 cm³/mol. The van der Waals surface area contributed by atoms with Gasteiger partial charge in [-0.3, -0.25) is 4.79 Å². The van der Waals surface area contributed by atoms with E-state index in [1.165, 1.54) is 12.1 Å². The molecule has 0 aliphatic heterocycles. The largest absolute Gasteiger partial charge is 0.508 e. The molecule has 88 valence electrons. The lowest BCUT2D eigenvalue weighted by Crippen LogP contribution is -2.24. The van der Waals surface area contributed by atoms with Gasteiger partial charge in [0.05, 0.1) is 5.56 Å². The maximum atomic E-state index is 11.6. The zero-order valence-corrected chi connectivity index (χ0v) is 8.94. The highest BCUT2D eigenvalue weighted by atomic mass is 16.3. The van der Waals surface area contributed by atoms with Crippen LogP contribution in [0.4, 0.5) is 0 Å². The van der Waals surface area contributed by atoms with Crippen LogP contribution in [0.2, 0.25) is 0 Å². The highest BCUT2D eigenvalue weighted by Crippen LogP contribution is 2.22. The zero-order valence-electron chi connectivity index (χ0n) is 8.94. The van der Waals surface area contributed by atoms with Crippen LogP contribution in [0.3, 0.4) is 0 Å². The molecule has 0 saturated heterocycles. The van der Waals surface area contributed by atoms with Gasteiger partial charge in [-0.2, -0.15) is 0 Å². The lowest BCUT2D eigenvalue weighted by Gasteiger charge is -2.06. The van der Waals surface area contributed by atoms with E-state index in [1.807, 2.05) is 0 Å². The Labute approximate surface area is 93.9 Å². The number of carbonyl (C=O) groups is 1. The summed E-state index contributed by atoms with van der Waals surface area (Å²) in [6.45, 7) is 1.12. The SMILES string of the molecule is NCCCCNC(=O)c1ccc(O)cc1O. The molecule has 0 bridgehead atoms. The van der Waals surface area contributed by atoms with Crippen LogP contribution in [0.25, 0.3) is 0 Å². The monoisotopic (exact) mass is 224 g/mol. The van der Waals surface area contributed by atoms with Gasteiger partial charge < -0.3 is 21.3 Å². The number of unbranched alkanes of at least 4 members (excludes halogenated alkanes) is 1. The first-order chi connectivity index (χ1) is 7.65. The number of aromatic hydroxyl groups is 2. The van der Waals surface area contributed by atoms with Gasteiger partial charge in [0, 0.05) is 12.6 Å². The van der Waals surface area contributed by atoms with E-state index >= 15 is 0 Å². The summed E-state index contributed by atoms with van der Waals surface area (Å²) < 4.78 is 0. The number of rotatable bonds is 5. The average Bonchev–Trinajstić information content (AvgIpc) is 2.24. The first kappa shape index (κ1) is 12.3. The fourth-order valence-electron chi connectivity index (χ4n) is 1.28. The van der Waals surface area contributed by atoms with Gasteiger partial charge in [-0.25, -0.2) is 0 Å². The fourth-order valence-corrected chi connectivity index (χ4v) is 1.28. The van der Waals surface area contributed by atoms with Crippen LogP contribution in [0.1, 0.15) is 23.2 Å². The molecule has 1 aromatic rings. The van der Waals surface area contributed by atoms with E-state index in [1.54, 1.807) is 0 Å². The van der Waals surface area contributed by atoms with Crippen molar-refractivity contribution in [1.82, 2.24) is 5.32 Å². The molecule has 0 heterocycles. The van der Waals surface area contributed by atoms with Crippen LogP contribution in [-0.2, 0) is 0 Å². The number of hydrogen-bond acceptors (Lipinski definition) is 4. The number of nitrogens with two attached hydrogens (primary N) is 1. The van der Waals surface area contributed by atoms with E-state index in [0.29, 0.717) is 13.1 Å². The third kappa shape index (κ3) is 3.43. The van der Waals surface area contributed by atoms with E-state index in [2.05, 4.69) is 5.32 Å². The molecule has 0 atom stereocenters. The molecular formula is C11H16N2O3. The Morgan fingerprint density at radius 1 is 1.31 bits per heavy atom. The second kappa shape index (κ2) is 5.97. The minimum absolute atomic E-state index is 0.0721. The van der Waals surface area contributed by atoms with E-state index < -0.39 is 0 Å². The Hall–Kier alpha value is -1.75. The Bertz CT molecular complexity index is 366. The Morgan fingerprint density at radius 2 is 2.06 bits per heavy atom. The topological polar surface area (TPSA) is 95.6 Å². The summed E-state index contributed by atoms with van der Waals surface area (Å²) in [6.07, 6.45) is 1.66. The van der Waals surface area contributed by atoms with Crippen molar-refractivity contribution in [3.05, 3.63) is 23.8 Å². The molecule has 0 aliphatic rings. The third-order valence-corrected chi connectivity index (χ3v) is 2.14. The molecule has 1 rings (SSSR count). The van der Waals surface area contributed by atoms with Crippen molar-refractivity contribution in [1.29, 1.82) is 0 Å². The molecule has 5 heteroatoms. The van der Waals surface area contributed by atoms with Crippen molar-refractivity contribution < 1.29 is 15.0 Å². The molecule has 0 saturated carbocycles. The third-order valence-electron chi connectivity index (χ3n) is 2.14. The van der Waals surface area contributed by atoms with Crippen molar-refractivity contribution in [2.24, 2.45) is 5.73 Å². The number of benzene rings is 1. The fraction of sp³-hybridized carbons (Fsp3) is 0.364. The maximum absolute atomic E-state index is 11.6. The molecule has 1 amide bonds. The predicted octanol–water partition coefficient (Wildman–Crippen LogP) is 0.567. The van der Waals surface area contributed by atoms with Gasteiger partial charge in [0.15, 0.2) is 0 Å². The van der Waals surface area contributed by atoms with Crippen LogP contribution in [0.15, 0.2) is 18.2 Å². The highest BCUT2D eigenvalue weighted by Gasteiger charge is 2.10. The summed E-state index contributed by atoms with van der Waals surface area (Å²) >= 11 is 0. The van der Waals surface area contributed by atoms with Gasteiger partial charge in [-0.1, -0.05) is 0 Å². The number of phenols is 2. The molecule has 0 aliphatic carbocycles. The van der Waals surface area contributed by atoms with Crippen molar-refractivity contribution in [2.45, 2.75) is 12.8 Å². The zero-order chi connectivity index (χ0) is 12.0. The molecule has 5 nitrogen and oxygen atoms in total. The summed E-state index contributed by atoms with van der Waals surface area (Å²) in [7, 11) is 0. The van der Waals surface area contributed by atoms with Crippen molar-refractivity contribution >= 4 is 5.91 Å². The molecular weight excluding hydrogens is 208 g/mol. The second-order valence-corrected chi connectivity index (χ2v) is 3.45. The lowest BCUT2D eigenvalue weighted by atomic mass is 10.1. The van der Waals surface area contributed by atoms with Crippen molar-refractivity contribution in [2.75, 3.05) is 13.1 Å². The Balaban J connectivity index is 2.53. The summed E-state index contributed by atoms with van der Waals surface area (Å²) in [5.41, 5.74) is 5.47. The molecule has 0 radical (unpaired) electrons. The van der Waals surface area contributed by atoms with Gasteiger partial charge >= 0.3 is 0 Å². The number of carbonyl (C=O) groups excluding carboxylic acids is 1. The quantitative estimate of drug-likeness (QED) is 0.550. The van der Waals surface area contributed by atoms with Crippen LogP contribution in [0.5, 0.6) is 11.5 Å². The van der Waals surface area contributed by atoms with E-state index in [-0.39, 0.29) is 23.0 Å². The van der Waals surface area contributed by atoms with Gasteiger partial charge in [0.25, 0.3) is 5.91 Å². The molecule has 0 aromatic heterocycles. The van der Waals surface area contributed by atoms with E-state index in [4.69, 9.17) is 10.8 Å². The Kier molecular flexibility index (Phi) is 4.60. The molecule has 1 aromatic carbocycles. The number of hydrogen-bond donors (Lipinski definition) is 4. The van der Waals surface area contributed by atoms with Crippen LogP contribution in [-0.4, -0.2) is 29.2 Å². The standard InChI is InChI=1S/C11H16N2O3/c12-5-1-2-6-13-11(16)9-4-3-8(14)7-10(9)15/h3-4,7,14-15H,1-2,5-6,12H2,(H,13,16). The molecule has 16 heavy (non-hydrogen) atoms. The van der Waals surface area contributed by atoms with Gasteiger partial charge in [0.2, 0.25) is 0 Å². The summed E-state index contributed by atoms with van der Waals surface area (Å²) in [6, 6.07) is 3.87. The molecule has 0 unspecified atom stereocenters. The molecule has 0 fully saturated rings. The first-order valence-corrected chi connectivity index (χ1v) is 5.15. The highest BCUT2D eigenvalue weighted by molar-refractivity contribution is 5.96.